The Balaban J connectivity index is 1.69. The van der Waals surface area contributed by atoms with E-state index < -0.39 is 24.7 Å². The van der Waals surface area contributed by atoms with E-state index in [1.807, 2.05) is 35.7 Å². The average molecular weight is 411 g/mol. The highest BCUT2D eigenvalue weighted by atomic mass is 32.1. The Kier molecular flexibility index (Phi) is 6.43. The van der Waals surface area contributed by atoms with Gasteiger partial charge in [-0.15, -0.1) is 11.3 Å². The summed E-state index contributed by atoms with van der Waals surface area (Å²) >= 11 is 1.34. The first-order valence-electron chi connectivity index (χ1n) is 7.85. The molecule has 0 radical (unpaired) electrons. The van der Waals surface area contributed by atoms with Gasteiger partial charge in [0.05, 0.1) is 11.9 Å². The lowest BCUT2D eigenvalue weighted by Crippen LogP contribution is -2.08. The lowest BCUT2D eigenvalue weighted by Gasteiger charge is -2.11. The maximum absolute atomic E-state index is 12.5. The first-order chi connectivity index (χ1) is 13.5. The summed E-state index contributed by atoms with van der Waals surface area (Å²) in [7, 11) is 0. The summed E-state index contributed by atoms with van der Waals surface area (Å²) in [5, 5.41) is 6.35. The van der Waals surface area contributed by atoms with E-state index in [-0.39, 0.29) is 0 Å². The quantitative estimate of drug-likeness (QED) is 0.304. The zero-order valence-electron chi connectivity index (χ0n) is 14.1. The number of benzene rings is 2. The molecule has 5 nitrogen and oxygen atoms in total. The summed E-state index contributed by atoms with van der Waals surface area (Å²) in [6, 6.07) is 13.2. The molecule has 2 aromatic carbocycles. The van der Waals surface area contributed by atoms with Crippen molar-refractivity contribution in [2.45, 2.75) is 13.2 Å². The zero-order valence-corrected chi connectivity index (χ0v) is 14.9. The van der Waals surface area contributed by atoms with Crippen molar-refractivity contribution in [3.05, 3.63) is 59.5 Å². The van der Waals surface area contributed by atoms with Gasteiger partial charge in [0.15, 0.2) is 11.5 Å². The van der Waals surface area contributed by atoms with Crippen molar-refractivity contribution in [3.8, 4) is 22.8 Å². The monoisotopic (exact) mass is 411 g/mol. The standard InChI is InChI=1S/C18H13F4N3O2S/c19-16(20)26-14-7-6-11(8-15(14)27-17(21)22)9-23-25-18-24-13(10-28-18)12-4-2-1-3-5-12/h1-10,16-17H,(H,24,25). The molecule has 0 spiro atoms. The van der Waals surface area contributed by atoms with Crippen molar-refractivity contribution in [2.75, 3.05) is 5.43 Å². The number of hydrogen-bond donors (Lipinski definition) is 1. The Morgan fingerprint density at radius 3 is 2.39 bits per heavy atom. The van der Waals surface area contributed by atoms with Crippen LogP contribution in [0.1, 0.15) is 5.56 Å². The molecule has 0 fully saturated rings. The second-order valence-corrected chi connectivity index (χ2v) is 6.10. The third-order valence-electron chi connectivity index (χ3n) is 3.35. The van der Waals surface area contributed by atoms with Crippen LogP contribution in [0.25, 0.3) is 11.3 Å². The summed E-state index contributed by atoms with van der Waals surface area (Å²) in [5.41, 5.74) is 4.80. The van der Waals surface area contributed by atoms with Crippen molar-refractivity contribution in [3.63, 3.8) is 0 Å². The highest BCUT2D eigenvalue weighted by Crippen LogP contribution is 2.31. The number of rotatable bonds is 8. The lowest BCUT2D eigenvalue weighted by atomic mass is 10.2. The van der Waals surface area contributed by atoms with Crippen molar-refractivity contribution in [2.24, 2.45) is 5.10 Å². The van der Waals surface area contributed by atoms with Gasteiger partial charge in [-0.2, -0.15) is 22.7 Å². The SMILES string of the molecule is FC(F)Oc1ccc(C=NNc2nc(-c3ccccc3)cs2)cc1OC(F)F. The molecule has 0 aliphatic rings. The molecule has 0 amide bonds. The normalized spacial score (nSPS) is 11.4. The van der Waals surface area contributed by atoms with Gasteiger partial charge in [-0.05, 0) is 23.8 Å². The number of aromatic nitrogens is 1. The molecule has 1 heterocycles. The third kappa shape index (κ3) is 5.43. The molecule has 1 N–H and O–H groups in total. The van der Waals surface area contributed by atoms with Gasteiger partial charge in [-0.3, -0.25) is 5.43 Å². The summed E-state index contributed by atoms with van der Waals surface area (Å²) in [4.78, 5) is 4.38. The predicted molar refractivity (Wildman–Crippen MR) is 98.5 cm³/mol. The van der Waals surface area contributed by atoms with Gasteiger partial charge in [0.2, 0.25) is 5.13 Å². The van der Waals surface area contributed by atoms with E-state index in [4.69, 9.17) is 0 Å². The largest absolute Gasteiger partial charge is 0.431 e. The second-order valence-electron chi connectivity index (χ2n) is 5.24. The van der Waals surface area contributed by atoms with Gasteiger partial charge in [-0.1, -0.05) is 30.3 Å². The molecule has 10 heteroatoms. The highest BCUT2D eigenvalue weighted by molar-refractivity contribution is 7.14. The first-order valence-corrected chi connectivity index (χ1v) is 8.73. The minimum Gasteiger partial charge on any atom is -0.431 e. The maximum atomic E-state index is 12.5. The first kappa shape index (κ1) is 19.6. The van der Waals surface area contributed by atoms with Crippen LogP contribution >= 0.6 is 11.3 Å². The number of halogens is 4. The number of hydrazone groups is 1. The van der Waals surface area contributed by atoms with E-state index in [1.54, 1.807) is 0 Å². The van der Waals surface area contributed by atoms with Crippen molar-refractivity contribution in [1.29, 1.82) is 0 Å². The molecule has 3 aromatic rings. The summed E-state index contributed by atoms with van der Waals surface area (Å²) < 4.78 is 58.0. The number of alkyl halides is 4. The van der Waals surface area contributed by atoms with Crippen LogP contribution in [0.5, 0.6) is 11.5 Å². The Labute approximate surface area is 161 Å². The third-order valence-corrected chi connectivity index (χ3v) is 4.09. The Morgan fingerprint density at radius 2 is 1.68 bits per heavy atom. The molecule has 146 valence electrons. The fourth-order valence-electron chi connectivity index (χ4n) is 2.21. The Bertz CT molecular complexity index is 936. The highest BCUT2D eigenvalue weighted by Gasteiger charge is 2.15. The average Bonchev–Trinajstić information content (AvgIpc) is 3.13. The molecule has 0 saturated carbocycles. The summed E-state index contributed by atoms with van der Waals surface area (Å²) in [6.07, 6.45) is 1.31. The van der Waals surface area contributed by atoms with Crippen LogP contribution in [-0.2, 0) is 0 Å². The molecule has 0 bridgehead atoms. The number of nitrogens with one attached hydrogen (secondary N) is 1. The van der Waals surface area contributed by atoms with Crippen LogP contribution in [0.4, 0.5) is 22.7 Å². The number of thiazole rings is 1. The molecule has 0 atom stereocenters. The Morgan fingerprint density at radius 1 is 0.964 bits per heavy atom. The van der Waals surface area contributed by atoms with Crippen LogP contribution in [0.3, 0.4) is 0 Å². The fraction of sp³-hybridized carbons (Fsp3) is 0.111. The van der Waals surface area contributed by atoms with Crippen molar-refractivity contribution in [1.82, 2.24) is 4.98 Å². The lowest BCUT2D eigenvalue weighted by molar-refractivity contribution is -0.0692. The molecule has 1 aromatic heterocycles. The molecule has 0 aliphatic heterocycles. The van der Waals surface area contributed by atoms with Crippen LogP contribution in [0.2, 0.25) is 0 Å². The molecule has 0 saturated heterocycles. The van der Waals surface area contributed by atoms with Crippen molar-refractivity contribution >= 4 is 22.7 Å². The van der Waals surface area contributed by atoms with Crippen LogP contribution in [0.15, 0.2) is 59.0 Å². The van der Waals surface area contributed by atoms with Crippen LogP contribution in [0, 0.1) is 0 Å². The minimum atomic E-state index is -3.18. The predicted octanol–water partition coefficient (Wildman–Crippen LogP) is 5.46. The van der Waals surface area contributed by atoms with E-state index in [1.165, 1.54) is 23.6 Å². The molecule has 28 heavy (non-hydrogen) atoms. The van der Waals surface area contributed by atoms with Crippen molar-refractivity contribution < 1.29 is 27.0 Å². The number of ether oxygens (including phenoxy) is 2. The Hall–Kier alpha value is -3.14. The van der Waals surface area contributed by atoms with Gasteiger partial charge in [-0.25, -0.2) is 4.98 Å². The fourth-order valence-corrected chi connectivity index (χ4v) is 2.88. The molecular weight excluding hydrogens is 398 g/mol. The van der Waals surface area contributed by atoms with Gasteiger partial charge < -0.3 is 9.47 Å². The summed E-state index contributed by atoms with van der Waals surface area (Å²) in [5.74, 6) is -1.01. The molecule has 3 rings (SSSR count). The van der Waals surface area contributed by atoms with E-state index in [2.05, 4.69) is 25.0 Å². The summed E-state index contributed by atoms with van der Waals surface area (Å²) in [6.45, 7) is -6.35. The van der Waals surface area contributed by atoms with Gasteiger partial charge in [0.1, 0.15) is 0 Å². The minimum absolute atomic E-state index is 0.338. The zero-order chi connectivity index (χ0) is 19.9. The molecular formula is C18H13F4N3O2S. The van der Waals surface area contributed by atoms with Crippen LogP contribution < -0.4 is 14.9 Å². The molecule has 0 unspecified atom stereocenters. The van der Waals surface area contributed by atoms with Crippen LogP contribution in [-0.4, -0.2) is 24.4 Å². The van der Waals surface area contributed by atoms with Gasteiger partial charge in [0.25, 0.3) is 0 Å². The number of nitrogens with zero attached hydrogens (tertiary/aromatic N) is 2. The topological polar surface area (TPSA) is 55.7 Å². The number of hydrogen-bond acceptors (Lipinski definition) is 6. The van der Waals surface area contributed by atoms with E-state index >= 15 is 0 Å². The van der Waals surface area contributed by atoms with E-state index in [0.29, 0.717) is 10.7 Å². The van der Waals surface area contributed by atoms with E-state index in [9.17, 15) is 17.6 Å². The molecule has 0 aliphatic carbocycles. The van der Waals surface area contributed by atoms with E-state index in [0.717, 1.165) is 23.4 Å². The number of anilines is 1. The smallest absolute Gasteiger partial charge is 0.387 e. The van der Waals surface area contributed by atoms with Gasteiger partial charge in [0, 0.05) is 10.9 Å². The second kappa shape index (κ2) is 9.18. The maximum Gasteiger partial charge on any atom is 0.387 e. The van der Waals surface area contributed by atoms with Gasteiger partial charge >= 0.3 is 13.2 Å².